The van der Waals surface area contributed by atoms with Crippen LogP contribution in [0.3, 0.4) is 0 Å². The minimum atomic E-state index is -0.565. The van der Waals surface area contributed by atoms with E-state index in [-0.39, 0.29) is 24.2 Å². The van der Waals surface area contributed by atoms with Crippen LogP contribution in [-0.4, -0.2) is 16.7 Å². The summed E-state index contributed by atoms with van der Waals surface area (Å²) in [5.41, 5.74) is 5.31. The number of fused-ring (bicyclic) bond motifs is 1. The van der Waals surface area contributed by atoms with Gasteiger partial charge in [-0.1, -0.05) is 0 Å². The molecular weight excluding hydrogens is 266 g/mol. The van der Waals surface area contributed by atoms with Crippen molar-refractivity contribution in [3.05, 3.63) is 40.4 Å². The summed E-state index contributed by atoms with van der Waals surface area (Å²) in [6, 6.07) is 7.29. The Morgan fingerprint density at radius 1 is 1.25 bits per heavy atom. The van der Waals surface area contributed by atoms with Gasteiger partial charge in [0, 0.05) is 6.07 Å². The van der Waals surface area contributed by atoms with Crippen LogP contribution < -0.4 is 19.9 Å². The molecule has 0 aliphatic carbocycles. The lowest BCUT2D eigenvalue weighted by atomic mass is 10.3. The van der Waals surface area contributed by atoms with Crippen LogP contribution in [0, 0.1) is 10.1 Å². The maximum Gasteiger partial charge on any atom is 0.278 e. The molecule has 0 unspecified atom stereocenters. The van der Waals surface area contributed by atoms with Crippen molar-refractivity contribution < 1.29 is 19.1 Å². The lowest BCUT2D eigenvalue weighted by Crippen LogP contribution is -1.97. The van der Waals surface area contributed by atoms with Crippen molar-refractivity contribution in [3.63, 3.8) is 0 Å². The predicted molar refractivity (Wildman–Crippen MR) is 67.9 cm³/mol. The summed E-state index contributed by atoms with van der Waals surface area (Å²) in [6.07, 6.45) is 0. The fourth-order valence-corrected chi connectivity index (χ4v) is 1.73. The van der Waals surface area contributed by atoms with Crippen molar-refractivity contribution >= 4 is 11.5 Å². The van der Waals surface area contributed by atoms with Crippen LogP contribution in [0.25, 0.3) is 0 Å². The topological polar surface area (TPSA) is 110 Å². The maximum atomic E-state index is 10.7. The minimum Gasteiger partial charge on any atom is -0.454 e. The SMILES string of the molecule is Nc1cc([N+](=O)[O-])cc(Oc2ccc3c(c2)OCO3)n1. The van der Waals surface area contributed by atoms with E-state index in [0.29, 0.717) is 17.2 Å². The predicted octanol–water partition coefficient (Wildman–Crippen LogP) is 2.09. The van der Waals surface area contributed by atoms with Gasteiger partial charge in [0.2, 0.25) is 12.7 Å². The minimum absolute atomic E-state index is 0.00921. The van der Waals surface area contributed by atoms with Crippen LogP contribution in [0.15, 0.2) is 30.3 Å². The monoisotopic (exact) mass is 275 g/mol. The number of benzene rings is 1. The number of nitro groups is 1. The van der Waals surface area contributed by atoms with E-state index in [0.717, 1.165) is 6.07 Å². The number of rotatable bonds is 3. The summed E-state index contributed by atoms with van der Waals surface area (Å²) >= 11 is 0. The lowest BCUT2D eigenvalue weighted by molar-refractivity contribution is -0.384. The largest absolute Gasteiger partial charge is 0.454 e. The molecular formula is C12H9N3O5. The average molecular weight is 275 g/mol. The normalized spacial score (nSPS) is 12.2. The van der Waals surface area contributed by atoms with Crippen LogP contribution in [0.2, 0.25) is 0 Å². The number of hydrogen-bond acceptors (Lipinski definition) is 7. The molecule has 102 valence electrons. The van der Waals surface area contributed by atoms with E-state index in [1.165, 1.54) is 6.07 Å². The molecule has 1 aromatic carbocycles. The summed E-state index contributed by atoms with van der Waals surface area (Å²) in [6.45, 7) is 0.154. The fourth-order valence-electron chi connectivity index (χ4n) is 1.73. The molecule has 0 fully saturated rings. The number of anilines is 1. The molecule has 0 saturated carbocycles. The molecule has 0 spiro atoms. The van der Waals surface area contributed by atoms with Gasteiger partial charge in [0.25, 0.3) is 5.69 Å². The first-order chi connectivity index (χ1) is 9.61. The fraction of sp³-hybridized carbons (Fsp3) is 0.0833. The van der Waals surface area contributed by atoms with E-state index < -0.39 is 4.92 Å². The number of aromatic nitrogens is 1. The smallest absolute Gasteiger partial charge is 0.278 e. The molecule has 0 radical (unpaired) electrons. The molecule has 2 aromatic rings. The third kappa shape index (κ3) is 2.26. The van der Waals surface area contributed by atoms with Crippen molar-refractivity contribution in [2.45, 2.75) is 0 Å². The second kappa shape index (κ2) is 4.57. The Bertz CT molecular complexity index is 689. The highest BCUT2D eigenvalue weighted by atomic mass is 16.7. The van der Waals surface area contributed by atoms with Crippen molar-refractivity contribution in [1.82, 2.24) is 4.98 Å². The van der Waals surface area contributed by atoms with Gasteiger partial charge in [0.15, 0.2) is 11.5 Å². The van der Waals surface area contributed by atoms with Crippen LogP contribution in [0.4, 0.5) is 11.5 Å². The second-order valence-corrected chi connectivity index (χ2v) is 3.96. The van der Waals surface area contributed by atoms with E-state index in [4.69, 9.17) is 19.9 Å². The molecule has 3 rings (SSSR count). The number of hydrogen-bond donors (Lipinski definition) is 1. The van der Waals surface area contributed by atoms with Crippen molar-refractivity contribution in [3.8, 4) is 23.1 Å². The molecule has 8 heteroatoms. The van der Waals surface area contributed by atoms with E-state index in [1.54, 1.807) is 18.2 Å². The first kappa shape index (κ1) is 12.0. The summed E-state index contributed by atoms with van der Waals surface area (Å²) in [5, 5.41) is 10.7. The van der Waals surface area contributed by atoms with Crippen molar-refractivity contribution in [2.24, 2.45) is 0 Å². The number of nitrogens with zero attached hydrogens (tertiary/aromatic N) is 2. The molecule has 1 aliphatic rings. The molecule has 0 bridgehead atoms. The van der Waals surface area contributed by atoms with E-state index >= 15 is 0 Å². The average Bonchev–Trinajstić information content (AvgIpc) is 2.85. The number of nitrogens with two attached hydrogens (primary N) is 1. The zero-order valence-corrected chi connectivity index (χ0v) is 10.1. The van der Waals surface area contributed by atoms with Gasteiger partial charge in [0.05, 0.1) is 17.1 Å². The Morgan fingerprint density at radius 2 is 2.05 bits per heavy atom. The second-order valence-electron chi connectivity index (χ2n) is 3.96. The quantitative estimate of drug-likeness (QED) is 0.674. The van der Waals surface area contributed by atoms with Crippen LogP contribution in [0.1, 0.15) is 0 Å². The molecule has 1 aliphatic heterocycles. The Balaban J connectivity index is 1.89. The third-order valence-corrected chi connectivity index (χ3v) is 2.58. The zero-order chi connectivity index (χ0) is 14.1. The Hall–Kier alpha value is -3.03. The first-order valence-electron chi connectivity index (χ1n) is 5.61. The highest BCUT2D eigenvalue weighted by Gasteiger charge is 2.15. The summed E-state index contributed by atoms with van der Waals surface area (Å²) in [7, 11) is 0. The molecule has 0 atom stereocenters. The molecule has 0 saturated heterocycles. The van der Waals surface area contributed by atoms with Crippen LogP contribution in [-0.2, 0) is 0 Å². The van der Waals surface area contributed by atoms with Gasteiger partial charge >= 0.3 is 0 Å². The zero-order valence-electron chi connectivity index (χ0n) is 10.1. The van der Waals surface area contributed by atoms with Crippen molar-refractivity contribution in [2.75, 3.05) is 12.5 Å². The van der Waals surface area contributed by atoms with Crippen molar-refractivity contribution in [1.29, 1.82) is 0 Å². The molecule has 8 nitrogen and oxygen atoms in total. The lowest BCUT2D eigenvalue weighted by Gasteiger charge is -2.06. The maximum absolute atomic E-state index is 10.7. The Morgan fingerprint density at radius 3 is 2.85 bits per heavy atom. The molecule has 1 aromatic heterocycles. The highest BCUT2D eigenvalue weighted by molar-refractivity contribution is 5.49. The van der Waals surface area contributed by atoms with Gasteiger partial charge in [-0.05, 0) is 12.1 Å². The first-order valence-corrected chi connectivity index (χ1v) is 5.61. The Labute approximate surface area is 112 Å². The summed E-state index contributed by atoms with van der Waals surface area (Å²) < 4.78 is 15.8. The van der Waals surface area contributed by atoms with Gasteiger partial charge in [-0.2, -0.15) is 4.98 Å². The van der Waals surface area contributed by atoms with Crippen LogP contribution >= 0.6 is 0 Å². The molecule has 0 amide bonds. The molecule has 20 heavy (non-hydrogen) atoms. The standard InChI is InChI=1S/C12H9N3O5/c13-11-3-7(15(16)17)4-12(14-11)20-8-1-2-9-10(5-8)19-6-18-9/h1-5H,6H2,(H2,13,14). The Kier molecular flexibility index (Phi) is 2.75. The van der Waals surface area contributed by atoms with E-state index in [9.17, 15) is 10.1 Å². The van der Waals surface area contributed by atoms with Gasteiger partial charge in [-0.25, -0.2) is 0 Å². The highest BCUT2D eigenvalue weighted by Crippen LogP contribution is 2.36. The molecule has 2 heterocycles. The van der Waals surface area contributed by atoms with Crippen LogP contribution in [0.5, 0.6) is 23.1 Å². The van der Waals surface area contributed by atoms with Gasteiger partial charge in [-0.15, -0.1) is 0 Å². The van der Waals surface area contributed by atoms with Gasteiger partial charge in [-0.3, -0.25) is 10.1 Å². The number of ether oxygens (including phenoxy) is 3. The van der Waals surface area contributed by atoms with E-state index in [2.05, 4.69) is 4.98 Å². The summed E-state index contributed by atoms with van der Waals surface area (Å²) in [4.78, 5) is 14.1. The number of pyridine rings is 1. The van der Waals surface area contributed by atoms with Gasteiger partial charge in [0.1, 0.15) is 11.6 Å². The summed E-state index contributed by atoms with van der Waals surface area (Å²) in [5.74, 6) is 1.62. The van der Waals surface area contributed by atoms with E-state index in [1.807, 2.05) is 0 Å². The molecule has 2 N–H and O–H groups in total. The number of nitrogen functional groups attached to an aromatic ring is 1. The van der Waals surface area contributed by atoms with Gasteiger partial charge < -0.3 is 19.9 Å². The third-order valence-electron chi connectivity index (χ3n) is 2.58.